The Kier molecular flexibility index (Phi) is 6.39. The molecular formula is C22H24N2O4S. The molecule has 29 heavy (non-hydrogen) atoms. The number of rotatable bonds is 8. The second-order valence-electron chi connectivity index (χ2n) is 7.00. The summed E-state index contributed by atoms with van der Waals surface area (Å²) in [5, 5.41) is 2.90. The van der Waals surface area contributed by atoms with Gasteiger partial charge in [0.1, 0.15) is 5.76 Å². The molecule has 0 unspecified atom stereocenters. The highest BCUT2D eigenvalue weighted by Crippen LogP contribution is 2.18. The highest BCUT2D eigenvalue weighted by atomic mass is 32.2. The molecule has 3 aromatic rings. The first-order valence-corrected chi connectivity index (χ1v) is 10.8. The van der Waals surface area contributed by atoms with Crippen LogP contribution in [-0.4, -0.2) is 20.4 Å². The summed E-state index contributed by atoms with van der Waals surface area (Å²) in [6.45, 7) is 3.79. The largest absolute Gasteiger partial charge is 0.469 e. The van der Waals surface area contributed by atoms with E-state index in [9.17, 15) is 13.2 Å². The van der Waals surface area contributed by atoms with Crippen LogP contribution in [0.3, 0.4) is 0 Å². The number of benzene rings is 2. The fourth-order valence-corrected chi connectivity index (χ4v) is 4.01. The van der Waals surface area contributed by atoms with E-state index in [1.165, 1.54) is 12.1 Å². The second kappa shape index (κ2) is 8.96. The Morgan fingerprint density at radius 1 is 1.07 bits per heavy atom. The first-order chi connectivity index (χ1) is 13.8. The Bertz CT molecular complexity index is 1080. The molecule has 3 rings (SSSR count). The van der Waals surface area contributed by atoms with Crippen molar-refractivity contribution in [3.8, 4) is 0 Å². The summed E-state index contributed by atoms with van der Waals surface area (Å²) in [5.74, 6) is 0.547. The fourth-order valence-electron chi connectivity index (χ4n) is 2.92. The Labute approximate surface area is 171 Å². The van der Waals surface area contributed by atoms with Crippen LogP contribution in [0.5, 0.6) is 0 Å². The van der Waals surface area contributed by atoms with Crippen molar-refractivity contribution in [2.75, 3.05) is 4.72 Å². The molecule has 1 heterocycles. The van der Waals surface area contributed by atoms with E-state index in [4.69, 9.17) is 4.42 Å². The number of anilines is 1. The van der Waals surface area contributed by atoms with Crippen LogP contribution in [0.15, 0.2) is 76.2 Å². The third-order valence-electron chi connectivity index (χ3n) is 4.46. The average Bonchev–Trinajstić information content (AvgIpc) is 3.20. The number of hydrogen-bond donors (Lipinski definition) is 2. The van der Waals surface area contributed by atoms with Crippen molar-refractivity contribution in [1.29, 1.82) is 0 Å². The molecule has 2 N–H and O–H groups in total. The van der Waals surface area contributed by atoms with Crippen LogP contribution in [0, 0.1) is 6.92 Å². The van der Waals surface area contributed by atoms with E-state index in [2.05, 4.69) is 10.0 Å². The normalized spacial score (nSPS) is 12.3. The zero-order valence-corrected chi connectivity index (χ0v) is 17.2. The Morgan fingerprint density at radius 2 is 1.86 bits per heavy atom. The molecule has 0 fully saturated rings. The zero-order chi connectivity index (χ0) is 20.9. The number of furan rings is 1. The van der Waals surface area contributed by atoms with Gasteiger partial charge in [0.15, 0.2) is 0 Å². The van der Waals surface area contributed by atoms with Gasteiger partial charge >= 0.3 is 0 Å². The van der Waals surface area contributed by atoms with Gasteiger partial charge in [-0.3, -0.25) is 9.52 Å². The number of sulfonamides is 1. The molecule has 0 aliphatic carbocycles. The number of carbonyl (C=O) groups excluding carboxylic acids is 1. The molecule has 7 heteroatoms. The first kappa shape index (κ1) is 20.7. The van der Waals surface area contributed by atoms with Gasteiger partial charge in [0.2, 0.25) is 0 Å². The molecule has 0 saturated heterocycles. The van der Waals surface area contributed by atoms with Crippen molar-refractivity contribution in [2.24, 2.45) is 0 Å². The summed E-state index contributed by atoms with van der Waals surface area (Å²) in [6.07, 6.45) is 3.05. The summed E-state index contributed by atoms with van der Waals surface area (Å²) in [4.78, 5) is 12.6. The van der Waals surface area contributed by atoms with Crippen molar-refractivity contribution in [1.82, 2.24) is 5.32 Å². The third-order valence-corrected chi connectivity index (χ3v) is 5.84. The van der Waals surface area contributed by atoms with Crippen molar-refractivity contribution in [3.05, 3.63) is 83.8 Å². The smallest absolute Gasteiger partial charge is 0.261 e. The topological polar surface area (TPSA) is 88.4 Å². The fraction of sp³-hybridized carbons (Fsp3) is 0.227. The van der Waals surface area contributed by atoms with Crippen LogP contribution < -0.4 is 10.0 Å². The highest BCUT2D eigenvalue weighted by Gasteiger charge is 2.17. The minimum absolute atomic E-state index is 0.0369. The van der Waals surface area contributed by atoms with Gasteiger partial charge in [0, 0.05) is 23.7 Å². The summed E-state index contributed by atoms with van der Waals surface area (Å²) >= 11 is 0. The Hall–Kier alpha value is -3.06. The van der Waals surface area contributed by atoms with E-state index in [1.54, 1.807) is 36.6 Å². The third kappa shape index (κ3) is 5.71. The average molecular weight is 413 g/mol. The number of hydrogen-bond acceptors (Lipinski definition) is 4. The predicted octanol–water partition coefficient (Wildman–Crippen LogP) is 4.14. The Balaban J connectivity index is 1.66. The Morgan fingerprint density at radius 3 is 2.59 bits per heavy atom. The van der Waals surface area contributed by atoms with E-state index in [0.29, 0.717) is 24.1 Å². The van der Waals surface area contributed by atoms with Crippen molar-refractivity contribution in [3.63, 3.8) is 0 Å². The van der Waals surface area contributed by atoms with Crippen LogP contribution in [0.25, 0.3) is 0 Å². The van der Waals surface area contributed by atoms with E-state index in [0.717, 1.165) is 11.3 Å². The lowest BCUT2D eigenvalue weighted by molar-refractivity contribution is 0.0938. The summed E-state index contributed by atoms with van der Waals surface area (Å²) < 4.78 is 33.2. The van der Waals surface area contributed by atoms with Gasteiger partial charge in [-0.05, 0) is 68.3 Å². The highest BCUT2D eigenvalue weighted by molar-refractivity contribution is 7.92. The van der Waals surface area contributed by atoms with E-state index < -0.39 is 10.0 Å². The van der Waals surface area contributed by atoms with Crippen LogP contribution >= 0.6 is 0 Å². The van der Waals surface area contributed by atoms with Crippen molar-refractivity contribution >= 4 is 21.6 Å². The van der Waals surface area contributed by atoms with Gasteiger partial charge in [0.05, 0.1) is 11.2 Å². The standard InChI is InChI=1S/C22H24N2O4S/c1-16-6-3-8-19(14-16)24-29(26,27)21-10-4-7-18(15-21)22(25)23-17(2)11-12-20-9-5-13-28-20/h3-10,13-15,17,24H,11-12H2,1-2H3,(H,23,25)/t17-/m0/s1. The SMILES string of the molecule is Cc1cccc(NS(=O)(=O)c2cccc(C(=O)N[C@@H](C)CCc3ccco3)c2)c1. The quantitative estimate of drug-likeness (QED) is 0.582. The van der Waals surface area contributed by atoms with E-state index in [1.807, 2.05) is 32.0 Å². The summed E-state index contributed by atoms with van der Waals surface area (Å²) in [7, 11) is -3.80. The molecule has 0 aliphatic rings. The van der Waals surface area contributed by atoms with Crippen LogP contribution in [0.1, 0.15) is 35.0 Å². The van der Waals surface area contributed by atoms with Gasteiger partial charge in [-0.25, -0.2) is 8.42 Å². The molecule has 0 saturated carbocycles. The molecule has 0 radical (unpaired) electrons. The number of amides is 1. The van der Waals surface area contributed by atoms with E-state index in [-0.39, 0.29) is 16.8 Å². The molecule has 1 aromatic heterocycles. The predicted molar refractivity (Wildman–Crippen MR) is 112 cm³/mol. The number of nitrogens with one attached hydrogen (secondary N) is 2. The van der Waals surface area contributed by atoms with Crippen molar-refractivity contribution < 1.29 is 17.6 Å². The second-order valence-corrected chi connectivity index (χ2v) is 8.68. The molecule has 2 aromatic carbocycles. The van der Waals surface area contributed by atoms with Crippen LogP contribution in [0.4, 0.5) is 5.69 Å². The molecule has 1 atom stereocenters. The van der Waals surface area contributed by atoms with Gasteiger partial charge in [-0.1, -0.05) is 18.2 Å². The molecule has 0 aliphatic heterocycles. The maximum Gasteiger partial charge on any atom is 0.261 e. The lowest BCUT2D eigenvalue weighted by Gasteiger charge is -2.14. The molecule has 0 spiro atoms. The minimum Gasteiger partial charge on any atom is -0.469 e. The summed E-state index contributed by atoms with van der Waals surface area (Å²) in [6, 6.07) is 16.7. The number of carbonyl (C=O) groups is 1. The van der Waals surface area contributed by atoms with Gasteiger partial charge in [-0.15, -0.1) is 0 Å². The maximum atomic E-state index is 12.7. The van der Waals surface area contributed by atoms with Gasteiger partial charge in [0.25, 0.3) is 15.9 Å². The monoisotopic (exact) mass is 412 g/mol. The van der Waals surface area contributed by atoms with Gasteiger partial charge in [-0.2, -0.15) is 0 Å². The lowest BCUT2D eigenvalue weighted by atomic mass is 10.1. The summed E-state index contributed by atoms with van der Waals surface area (Å²) in [5.41, 5.74) is 1.72. The first-order valence-electron chi connectivity index (χ1n) is 9.36. The zero-order valence-electron chi connectivity index (χ0n) is 16.4. The maximum absolute atomic E-state index is 12.7. The van der Waals surface area contributed by atoms with Crippen LogP contribution in [0.2, 0.25) is 0 Å². The molecular weight excluding hydrogens is 388 g/mol. The molecule has 152 valence electrons. The van der Waals surface area contributed by atoms with Crippen LogP contribution in [-0.2, 0) is 16.4 Å². The lowest BCUT2D eigenvalue weighted by Crippen LogP contribution is -2.33. The molecule has 0 bridgehead atoms. The molecule has 1 amide bonds. The van der Waals surface area contributed by atoms with E-state index >= 15 is 0 Å². The minimum atomic E-state index is -3.80. The van der Waals surface area contributed by atoms with Gasteiger partial charge < -0.3 is 9.73 Å². The number of aryl methyl sites for hydroxylation is 2. The van der Waals surface area contributed by atoms with Crippen molar-refractivity contribution in [2.45, 2.75) is 37.6 Å². The molecule has 6 nitrogen and oxygen atoms in total.